The summed E-state index contributed by atoms with van der Waals surface area (Å²) in [5.74, 6) is 0. The Bertz CT molecular complexity index is 302. The van der Waals surface area contributed by atoms with Crippen molar-refractivity contribution in [3.63, 3.8) is 0 Å². The average molecular weight is 274 g/mol. The Hall–Kier alpha value is -0.320. The molecule has 1 aliphatic carbocycles. The molecule has 0 bridgehead atoms. The molecule has 0 saturated carbocycles. The van der Waals surface area contributed by atoms with E-state index in [2.05, 4.69) is 51.8 Å². The number of fused-ring (bicyclic) bond motifs is 1. The summed E-state index contributed by atoms with van der Waals surface area (Å²) in [7, 11) is 2.04. The molecule has 64 valence electrons. The zero-order valence-electron chi connectivity index (χ0n) is 7.21. The van der Waals surface area contributed by atoms with E-state index in [1.807, 2.05) is 7.05 Å². The van der Waals surface area contributed by atoms with Gasteiger partial charge in [0.2, 0.25) is 0 Å². The first-order valence-electron chi connectivity index (χ1n) is 4.03. The largest absolute Gasteiger partial charge is 0.291 e. The Morgan fingerprint density at radius 2 is 2.33 bits per heavy atom. The molecule has 0 aromatic heterocycles. The highest BCUT2D eigenvalue weighted by Crippen LogP contribution is 2.30. The molecule has 0 radical (unpaired) electrons. The standard InChI is InChI=1S/C9H11IN2/c1-6-3-4-7-8(5-6)12(2)11-9(7)10/h3-4,8H,5H2,1-2H3. The van der Waals surface area contributed by atoms with Crippen LogP contribution in [0.1, 0.15) is 13.3 Å². The van der Waals surface area contributed by atoms with Gasteiger partial charge in [0.15, 0.2) is 0 Å². The van der Waals surface area contributed by atoms with E-state index in [9.17, 15) is 0 Å². The fraction of sp³-hybridized carbons (Fsp3) is 0.444. The highest BCUT2D eigenvalue weighted by atomic mass is 127. The van der Waals surface area contributed by atoms with E-state index in [0.717, 1.165) is 10.1 Å². The van der Waals surface area contributed by atoms with Gasteiger partial charge in [-0.2, -0.15) is 5.10 Å². The van der Waals surface area contributed by atoms with E-state index in [-0.39, 0.29) is 0 Å². The lowest BCUT2D eigenvalue weighted by molar-refractivity contribution is 0.306. The van der Waals surface area contributed by atoms with Crippen molar-refractivity contribution >= 4 is 26.3 Å². The number of hydrazone groups is 1. The average Bonchev–Trinajstić information content (AvgIpc) is 2.28. The maximum absolute atomic E-state index is 4.40. The number of rotatable bonds is 0. The molecule has 0 N–H and O–H groups in total. The van der Waals surface area contributed by atoms with Gasteiger partial charge in [-0.05, 0) is 35.9 Å². The van der Waals surface area contributed by atoms with Gasteiger partial charge < -0.3 is 0 Å². The zero-order valence-corrected chi connectivity index (χ0v) is 9.37. The Morgan fingerprint density at radius 1 is 1.58 bits per heavy atom. The normalized spacial score (nSPS) is 27.8. The molecule has 2 aliphatic rings. The van der Waals surface area contributed by atoms with Crippen LogP contribution in [0.3, 0.4) is 0 Å². The van der Waals surface area contributed by atoms with Crippen molar-refractivity contribution in [1.82, 2.24) is 5.01 Å². The van der Waals surface area contributed by atoms with Crippen LogP contribution in [-0.4, -0.2) is 21.8 Å². The second kappa shape index (κ2) is 2.87. The molecule has 1 aliphatic heterocycles. The van der Waals surface area contributed by atoms with Gasteiger partial charge in [-0.25, -0.2) is 0 Å². The molecule has 2 rings (SSSR count). The fourth-order valence-corrected chi connectivity index (χ4v) is 2.51. The lowest BCUT2D eigenvalue weighted by Gasteiger charge is -2.22. The summed E-state index contributed by atoms with van der Waals surface area (Å²) in [6.07, 6.45) is 5.51. The van der Waals surface area contributed by atoms with Crippen LogP contribution < -0.4 is 0 Å². The molecule has 0 amide bonds. The molecule has 3 heteroatoms. The molecule has 1 heterocycles. The summed E-state index contributed by atoms with van der Waals surface area (Å²) >= 11 is 2.30. The molecule has 1 unspecified atom stereocenters. The third-order valence-corrected chi connectivity index (χ3v) is 3.20. The van der Waals surface area contributed by atoms with E-state index in [1.165, 1.54) is 11.1 Å². The lowest BCUT2D eigenvalue weighted by Crippen LogP contribution is -2.25. The second-order valence-corrected chi connectivity index (χ2v) is 4.34. The number of allylic oxidation sites excluding steroid dienone is 2. The van der Waals surface area contributed by atoms with Crippen molar-refractivity contribution in [2.24, 2.45) is 5.10 Å². The molecule has 2 nitrogen and oxygen atoms in total. The summed E-state index contributed by atoms with van der Waals surface area (Å²) < 4.78 is 1.14. The summed E-state index contributed by atoms with van der Waals surface area (Å²) in [5.41, 5.74) is 2.82. The maximum atomic E-state index is 4.40. The van der Waals surface area contributed by atoms with Crippen molar-refractivity contribution in [1.29, 1.82) is 0 Å². The third-order valence-electron chi connectivity index (χ3n) is 2.36. The summed E-state index contributed by atoms with van der Waals surface area (Å²) in [4.78, 5) is 0. The molecular formula is C9H11IN2. The van der Waals surface area contributed by atoms with Gasteiger partial charge in [-0.3, -0.25) is 5.01 Å². The van der Waals surface area contributed by atoms with Gasteiger partial charge in [0.05, 0.1) is 6.04 Å². The van der Waals surface area contributed by atoms with Gasteiger partial charge >= 0.3 is 0 Å². The van der Waals surface area contributed by atoms with Gasteiger partial charge in [0.1, 0.15) is 3.72 Å². The fourth-order valence-electron chi connectivity index (χ4n) is 1.63. The first-order chi connectivity index (χ1) is 5.68. The zero-order chi connectivity index (χ0) is 8.72. The van der Waals surface area contributed by atoms with Crippen LogP contribution in [0.5, 0.6) is 0 Å². The maximum Gasteiger partial charge on any atom is 0.126 e. The Labute approximate surface area is 86.2 Å². The summed E-state index contributed by atoms with van der Waals surface area (Å²) in [6, 6.07) is 0.502. The van der Waals surface area contributed by atoms with Crippen LogP contribution in [0.4, 0.5) is 0 Å². The SMILES string of the molecule is CC1=CC=C2C(I)=NN(C)C2C1. The van der Waals surface area contributed by atoms with Crippen molar-refractivity contribution in [3.8, 4) is 0 Å². The Balaban J connectivity index is 2.36. The molecule has 0 fully saturated rings. The van der Waals surface area contributed by atoms with Gasteiger partial charge in [0, 0.05) is 12.6 Å². The smallest absolute Gasteiger partial charge is 0.126 e. The predicted octanol–water partition coefficient (Wildman–Crippen LogP) is 2.33. The van der Waals surface area contributed by atoms with Gasteiger partial charge in [0.25, 0.3) is 0 Å². The lowest BCUT2D eigenvalue weighted by atomic mass is 9.95. The number of halogens is 1. The van der Waals surface area contributed by atoms with Crippen LogP contribution in [0, 0.1) is 0 Å². The number of likely N-dealkylation sites (N-methyl/N-ethyl adjacent to an activating group) is 1. The van der Waals surface area contributed by atoms with Crippen LogP contribution in [0.2, 0.25) is 0 Å². The predicted molar refractivity (Wildman–Crippen MR) is 59.5 cm³/mol. The molecule has 0 aromatic carbocycles. The van der Waals surface area contributed by atoms with Crippen molar-refractivity contribution in [2.45, 2.75) is 19.4 Å². The third kappa shape index (κ3) is 1.20. The van der Waals surface area contributed by atoms with Crippen LogP contribution in [0.15, 0.2) is 28.4 Å². The minimum absolute atomic E-state index is 0.502. The monoisotopic (exact) mass is 274 g/mol. The van der Waals surface area contributed by atoms with Crippen LogP contribution in [0.25, 0.3) is 0 Å². The summed E-state index contributed by atoms with van der Waals surface area (Å²) in [5, 5.41) is 6.46. The van der Waals surface area contributed by atoms with Crippen LogP contribution in [-0.2, 0) is 0 Å². The highest BCUT2D eigenvalue weighted by Gasteiger charge is 2.29. The first kappa shape index (κ1) is 8.29. The number of nitrogens with zero attached hydrogens (tertiary/aromatic N) is 2. The van der Waals surface area contributed by atoms with E-state index < -0.39 is 0 Å². The second-order valence-electron chi connectivity index (χ2n) is 3.32. The van der Waals surface area contributed by atoms with E-state index in [1.54, 1.807) is 0 Å². The topological polar surface area (TPSA) is 15.6 Å². The van der Waals surface area contributed by atoms with Crippen molar-refractivity contribution in [2.75, 3.05) is 7.05 Å². The molecule has 0 aromatic rings. The minimum Gasteiger partial charge on any atom is -0.291 e. The number of hydrogen-bond donors (Lipinski definition) is 0. The van der Waals surface area contributed by atoms with E-state index in [0.29, 0.717) is 6.04 Å². The van der Waals surface area contributed by atoms with Crippen molar-refractivity contribution in [3.05, 3.63) is 23.3 Å². The van der Waals surface area contributed by atoms with Gasteiger partial charge in [-0.15, -0.1) is 0 Å². The molecule has 0 saturated heterocycles. The first-order valence-corrected chi connectivity index (χ1v) is 5.11. The molecule has 12 heavy (non-hydrogen) atoms. The number of hydrogen-bond acceptors (Lipinski definition) is 2. The van der Waals surface area contributed by atoms with Crippen molar-refractivity contribution < 1.29 is 0 Å². The van der Waals surface area contributed by atoms with E-state index >= 15 is 0 Å². The molecule has 1 atom stereocenters. The molecule has 0 spiro atoms. The molecular weight excluding hydrogens is 263 g/mol. The Morgan fingerprint density at radius 3 is 3.08 bits per heavy atom. The highest BCUT2D eigenvalue weighted by molar-refractivity contribution is 14.1. The minimum atomic E-state index is 0.502. The van der Waals surface area contributed by atoms with Crippen LogP contribution >= 0.6 is 22.6 Å². The van der Waals surface area contributed by atoms with E-state index in [4.69, 9.17) is 0 Å². The quantitative estimate of drug-likeness (QED) is 0.619. The van der Waals surface area contributed by atoms with Gasteiger partial charge in [-0.1, -0.05) is 17.7 Å². The summed E-state index contributed by atoms with van der Waals surface area (Å²) in [6.45, 7) is 2.17. The Kier molecular flexibility index (Phi) is 1.98.